The van der Waals surface area contributed by atoms with Crippen molar-refractivity contribution in [2.45, 2.75) is 38.2 Å². The van der Waals surface area contributed by atoms with Crippen LogP contribution in [0.15, 0.2) is 48.5 Å². The van der Waals surface area contributed by atoms with E-state index >= 15 is 0 Å². The van der Waals surface area contributed by atoms with Gasteiger partial charge in [0.15, 0.2) is 4.77 Å². The van der Waals surface area contributed by atoms with Gasteiger partial charge in [-0.25, -0.2) is 0 Å². The fourth-order valence-corrected chi connectivity index (χ4v) is 3.81. The van der Waals surface area contributed by atoms with E-state index in [9.17, 15) is 0 Å². The minimum atomic E-state index is 0.524. The highest BCUT2D eigenvalue weighted by Crippen LogP contribution is 2.21. The molecule has 5 heteroatoms. The molecule has 0 aliphatic rings. The molecule has 1 heterocycles. The van der Waals surface area contributed by atoms with Crippen LogP contribution in [0.25, 0.3) is 5.69 Å². The fourth-order valence-electron chi connectivity index (χ4n) is 2.65. The van der Waals surface area contributed by atoms with Gasteiger partial charge in [-0.15, -0.1) is 11.8 Å². The van der Waals surface area contributed by atoms with Gasteiger partial charge in [0, 0.05) is 11.4 Å². The van der Waals surface area contributed by atoms with E-state index in [1.54, 1.807) is 0 Å². The summed E-state index contributed by atoms with van der Waals surface area (Å²) in [7, 11) is 0. The smallest absolute Gasteiger partial charge is 0.199 e. The fraction of sp³-hybridized carbons (Fsp3) is 0.300. The van der Waals surface area contributed by atoms with Crippen LogP contribution >= 0.6 is 24.0 Å². The molecule has 1 aromatic heterocycles. The van der Waals surface area contributed by atoms with Crippen molar-refractivity contribution in [3.05, 3.63) is 75.8 Å². The molecular weight excluding hydrogens is 346 g/mol. The van der Waals surface area contributed by atoms with Crippen LogP contribution in [0.1, 0.15) is 42.3 Å². The van der Waals surface area contributed by atoms with E-state index in [4.69, 9.17) is 12.2 Å². The predicted octanol–water partition coefficient (Wildman–Crippen LogP) is 5.80. The lowest BCUT2D eigenvalue weighted by molar-refractivity contribution is 0.863. The molecule has 0 atom stereocenters. The van der Waals surface area contributed by atoms with Crippen molar-refractivity contribution in [2.75, 3.05) is 0 Å². The molecule has 0 unspecified atom stereocenters. The lowest BCUT2D eigenvalue weighted by Crippen LogP contribution is -2.01. The Bertz CT molecular complexity index is 875. The number of thioether (sulfide) groups is 1. The quantitative estimate of drug-likeness (QED) is 0.558. The summed E-state index contributed by atoms with van der Waals surface area (Å²) in [5, 5.41) is 7.35. The number of aromatic amines is 1. The Morgan fingerprint density at radius 3 is 2.36 bits per heavy atom. The third-order valence-corrected chi connectivity index (χ3v) is 5.45. The van der Waals surface area contributed by atoms with E-state index in [-0.39, 0.29) is 0 Å². The highest BCUT2D eigenvalue weighted by Gasteiger charge is 2.09. The molecule has 0 saturated carbocycles. The number of hydrogen-bond donors (Lipinski definition) is 1. The van der Waals surface area contributed by atoms with Crippen molar-refractivity contribution in [3.8, 4) is 5.69 Å². The van der Waals surface area contributed by atoms with Crippen LogP contribution in [0, 0.1) is 11.7 Å². The number of nitrogens with one attached hydrogen (secondary N) is 1. The topological polar surface area (TPSA) is 33.6 Å². The van der Waals surface area contributed by atoms with Crippen LogP contribution in [0.4, 0.5) is 0 Å². The molecular formula is C20H23N3S2. The molecule has 0 radical (unpaired) electrons. The molecule has 25 heavy (non-hydrogen) atoms. The monoisotopic (exact) mass is 369 g/mol. The number of aryl methyl sites for hydroxylation is 1. The van der Waals surface area contributed by atoms with Crippen LogP contribution < -0.4 is 0 Å². The zero-order chi connectivity index (χ0) is 17.8. The summed E-state index contributed by atoms with van der Waals surface area (Å²) >= 11 is 7.28. The van der Waals surface area contributed by atoms with Crippen molar-refractivity contribution >= 4 is 24.0 Å². The van der Waals surface area contributed by atoms with Gasteiger partial charge < -0.3 is 0 Å². The van der Waals surface area contributed by atoms with Crippen molar-refractivity contribution in [3.63, 3.8) is 0 Å². The van der Waals surface area contributed by atoms with Crippen molar-refractivity contribution in [1.82, 2.24) is 14.8 Å². The number of nitrogens with zero attached hydrogens (tertiary/aromatic N) is 2. The Hall–Kier alpha value is -1.85. The molecule has 130 valence electrons. The Morgan fingerprint density at radius 1 is 1.04 bits per heavy atom. The minimum Gasteiger partial charge on any atom is -0.271 e. The summed E-state index contributed by atoms with van der Waals surface area (Å²) in [5.41, 5.74) is 5.01. The van der Waals surface area contributed by atoms with Crippen molar-refractivity contribution < 1.29 is 0 Å². The molecule has 0 spiro atoms. The first kappa shape index (κ1) is 18.0. The second-order valence-electron chi connectivity index (χ2n) is 6.51. The largest absolute Gasteiger partial charge is 0.271 e. The predicted molar refractivity (Wildman–Crippen MR) is 109 cm³/mol. The minimum absolute atomic E-state index is 0.524. The van der Waals surface area contributed by atoms with E-state index < -0.39 is 0 Å². The molecule has 2 aromatic carbocycles. The van der Waals surface area contributed by atoms with Gasteiger partial charge in [0.05, 0.1) is 5.75 Å². The zero-order valence-electron chi connectivity index (χ0n) is 14.8. The maximum absolute atomic E-state index is 5.43. The van der Waals surface area contributed by atoms with Gasteiger partial charge in [-0.05, 0) is 48.3 Å². The Labute approximate surface area is 158 Å². The third-order valence-electron chi connectivity index (χ3n) is 4.18. The Morgan fingerprint density at radius 2 is 1.72 bits per heavy atom. The number of aromatic nitrogens is 3. The van der Waals surface area contributed by atoms with Gasteiger partial charge in [-0.1, -0.05) is 55.8 Å². The molecule has 0 saturated heterocycles. The summed E-state index contributed by atoms with van der Waals surface area (Å²) in [4.78, 5) is 0. The van der Waals surface area contributed by atoms with Crippen LogP contribution in [-0.4, -0.2) is 14.8 Å². The molecule has 1 N–H and O–H groups in total. The second-order valence-corrected chi connectivity index (χ2v) is 7.88. The van der Waals surface area contributed by atoms with Gasteiger partial charge in [0.1, 0.15) is 5.82 Å². The number of benzene rings is 2. The van der Waals surface area contributed by atoms with Crippen molar-refractivity contribution in [2.24, 2.45) is 0 Å². The number of rotatable bonds is 6. The van der Waals surface area contributed by atoms with Gasteiger partial charge >= 0.3 is 0 Å². The van der Waals surface area contributed by atoms with Gasteiger partial charge in [0.25, 0.3) is 0 Å². The molecule has 0 aliphatic carbocycles. The molecule has 0 fully saturated rings. The Kier molecular flexibility index (Phi) is 5.76. The lowest BCUT2D eigenvalue weighted by Gasteiger charge is -2.10. The van der Waals surface area contributed by atoms with Crippen molar-refractivity contribution in [1.29, 1.82) is 0 Å². The average Bonchev–Trinajstić information content (AvgIpc) is 2.97. The summed E-state index contributed by atoms with van der Waals surface area (Å²) < 4.78 is 2.67. The molecule has 3 rings (SSSR count). The maximum Gasteiger partial charge on any atom is 0.199 e. The molecule has 3 nitrogen and oxygen atoms in total. The van der Waals surface area contributed by atoms with E-state index in [1.807, 2.05) is 16.3 Å². The number of H-pyrrole nitrogens is 1. The van der Waals surface area contributed by atoms with Crippen LogP contribution in [0.2, 0.25) is 0 Å². The summed E-state index contributed by atoms with van der Waals surface area (Å²) in [6, 6.07) is 17.2. The van der Waals surface area contributed by atoms with Crippen LogP contribution in [0.5, 0.6) is 0 Å². The molecule has 3 aromatic rings. The normalized spacial score (nSPS) is 11.2. The Balaban J connectivity index is 1.73. The maximum atomic E-state index is 5.43. The third kappa shape index (κ3) is 4.41. The van der Waals surface area contributed by atoms with Gasteiger partial charge in [-0.2, -0.15) is 5.10 Å². The van der Waals surface area contributed by atoms with Crippen LogP contribution in [-0.2, 0) is 11.5 Å². The molecule has 0 aliphatic heterocycles. The molecule has 0 bridgehead atoms. The molecule has 0 amide bonds. The van der Waals surface area contributed by atoms with E-state index in [2.05, 4.69) is 79.5 Å². The van der Waals surface area contributed by atoms with E-state index in [1.165, 1.54) is 16.7 Å². The first-order valence-electron chi connectivity index (χ1n) is 8.44. The number of hydrogen-bond acceptors (Lipinski definition) is 3. The van der Waals surface area contributed by atoms with E-state index in [0.29, 0.717) is 10.7 Å². The standard InChI is InChI=1S/C20H23N3S2/c1-14(2)17-8-10-18(11-9-17)23-19(21-22-20(23)24)13-25-12-16-6-4-15(3)5-7-16/h4-11,14H,12-13H2,1-3H3,(H,22,24). The SMILES string of the molecule is Cc1ccc(CSCc2n[nH]c(=S)n2-c2ccc(C(C)C)cc2)cc1. The lowest BCUT2D eigenvalue weighted by atomic mass is 10.0. The highest BCUT2D eigenvalue weighted by atomic mass is 32.2. The summed E-state index contributed by atoms with van der Waals surface area (Å²) in [6.07, 6.45) is 0. The first-order valence-corrected chi connectivity index (χ1v) is 10.0. The second kappa shape index (κ2) is 8.02. The highest BCUT2D eigenvalue weighted by molar-refractivity contribution is 7.97. The zero-order valence-corrected chi connectivity index (χ0v) is 16.5. The summed E-state index contributed by atoms with van der Waals surface area (Å²) in [5.74, 6) is 3.26. The summed E-state index contributed by atoms with van der Waals surface area (Å²) in [6.45, 7) is 6.51. The van der Waals surface area contributed by atoms with Gasteiger partial charge in [0.2, 0.25) is 0 Å². The average molecular weight is 370 g/mol. The van der Waals surface area contributed by atoms with Gasteiger partial charge in [-0.3, -0.25) is 9.67 Å². The van der Waals surface area contributed by atoms with Crippen LogP contribution in [0.3, 0.4) is 0 Å². The van der Waals surface area contributed by atoms with E-state index in [0.717, 1.165) is 23.0 Å². The first-order chi connectivity index (χ1) is 12.0.